The maximum atomic E-state index is 12.6. The summed E-state index contributed by atoms with van der Waals surface area (Å²) in [5.41, 5.74) is 2.37. The fourth-order valence-corrected chi connectivity index (χ4v) is 4.16. The number of fused-ring (bicyclic) bond motifs is 1. The molecule has 130 valence electrons. The molecular weight excluding hydrogens is 360 g/mol. The molecule has 8 heteroatoms. The summed E-state index contributed by atoms with van der Waals surface area (Å²) in [4.78, 5) is 31.3. The first-order valence-corrected chi connectivity index (χ1v) is 9.22. The number of nitrogens with zero attached hydrogens (tertiary/aromatic N) is 1. The summed E-state index contributed by atoms with van der Waals surface area (Å²) in [5.74, 6) is -0.272. The van der Waals surface area contributed by atoms with Gasteiger partial charge in [-0.15, -0.1) is 11.3 Å². The average Bonchev–Trinajstić information content (AvgIpc) is 2.99. The SMILES string of the molecule is COc1ccc(C)cc1-c1csc2nc(SC(C)C(=O)O)[nH]c(=O)c12. The number of rotatable bonds is 5. The van der Waals surface area contributed by atoms with Crippen molar-refractivity contribution in [2.75, 3.05) is 7.11 Å². The highest BCUT2D eigenvalue weighted by atomic mass is 32.2. The smallest absolute Gasteiger partial charge is 0.316 e. The summed E-state index contributed by atoms with van der Waals surface area (Å²) in [5, 5.41) is 11.0. The number of thioether (sulfide) groups is 1. The topological polar surface area (TPSA) is 92.3 Å². The largest absolute Gasteiger partial charge is 0.496 e. The first kappa shape index (κ1) is 17.5. The predicted octanol–water partition coefficient (Wildman–Crippen LogP) is 3.53. The van der Waals surface area contributed by atoms with Crippen LogP contribution in [0.5, 0.6) is 5.75 Å². The van der Waals surface area contributed by atoms with Crippen LogP contribution in [0.15, 0.2) is 33.5 Å². The van der Waals surface area contributed by atoms with Gasteiger partial charge in [-0.05, 0) is 26.0 Å². The number of carbonyl (C=O) groups is 1. The molecular formula is C17H16N2O4S2. The van der Waals surface area contributed by atoms with Crippen molar-refractivity contribution in [1.82, 2.24) is 9.97 Å². The van der Waals surface area contributed by atoms with Gasteiger partial charge >= 0.3 is 5.97 Å². The lowest BCUT2D eigenvalue weighted by atomic mass is 10.0. The monoisotopic (exact) mass is 376 g/mol. The Labute approximate surface area is 151 Å². The van der Waals surface area contributed by atoms with Gasteiger partial charge in [0, 0.05) is 16.5 Å². The third-order valence-corrected chi connectivity index (χ3v) is 5.55. The number of ether oxygens (including phenoxy) is 1. The molecule has 6 nitrogen and oxygen atoms in total. The van der Waals surface area contributed by atoms with Gasteiger partial charge in [-0.2, -0.15) is 0 Å². The summed E-state index contributed by atoms with van der Waals surface area (Å²) >= 11 is 2.36. The number of aryl methyl sites for hydroxylation is 1. The van der Waals surface area contributed by atoms with E-state index in [0.717, 1.165) is 28.5 Å². The molecule has 0 radical (unpaired) electrons. The molecule has 25 heavy (non-hydrogen) atoms. The van der Waals surface area contributed by atoms with Crippen molar-refractivity contribution in [2.45, 2.75) is 24.3 Å². The van der Waals surface area contributed by atoms with Gasteiger partial charge in [-0.1, -0.05) is 23.4 Å². The Morgan fingerprint density at radius 1 is 1.40 bits per heavy atom. The number of thiophene rings is 1. The highest BCUT2D eigenvalue weighted by molar-refractivity contribution is 8.00. The molecule has 2 N–H and O–H groups in total. The number of hydrogen-bond donors (Lipinski definition) is 2. The van der Waals surface area contributed by atoms with Gasteiger partial charge in [-0.3, -0.25) is 9.59 Å². The van der Waals surface area contributed by atoms with Crippen LogP contribution in [0.1, 0.15) is 12.5 Å². The second-order valence-corrected chi connectivity index (χ2v) is 7.69. The molecule has 0 bridgehead atoms. The van der Waals surface area contributed by atoms with Crippen molar-refractivity contribution in [1.29, 1.82) is 0 Å². The Morgan fingerprint density at radius 2 is 2.16 bits per heavy atom. The van der Waals surface area contributed by atoms with Crippen LogP contribution in [-0.4, -0.2) is 33.4 Å². The highest BCUT2D eigenvalue weighted by Gasteiger charge is 2.19. The van der Waals surface area contributed by atoms with Gasteiger partial charge in [0.25, 0.3) is 5.56 Å². The van der Waals surface area contributed by atoms with Crippen molar-refractivity contribution in [3.63, 3.8) is 0 Å². The zero-order valence-electron chi connectivity index (χ0n) is 13.8. The maximum absolute atomic E-state index is 12.6. The van der Waals surface area contributed by atoms with E-state index in [1.54, 1.807) is 14.0 Å². The minimum atomic E-state index is -0.955. The van der Waals surface area contributed by atoms with E-state index in [4.69, 9.17) is 9.84 Å². The summed E-state index contributed by atoms with van der Waals surface area (Å²) in [7, 11) is 1.59. The lowest BCUT2D eigenvalue weighted by Crippen LogP contribution is -2.14. The summed E-state index contributed by atoms with van der Waals surface area (Å²) in [6.45, 7) is 3.52. The molecule has 0 aliphatic carbocycles. The molecule has 2 aromatic heterocycles. The molecule has 3 aromatic rings. The van der Waals surface area contributed by atoms with Crippen LogP contribution in [0.3, 0.4) is 0 Å². The third kappa shape index (κ3) is 3.40. The second-order valence-electron chi connectivity index (χ2n) is 5.50. The van der Waals surface area contributed by atoms with E-state index < -0.39 is 11.2 Å². The van der Waals surface area contributed by atoms with Gasteiger partial charge in [0.15, 0.2) is 5.16 Å². The molecule has 0 amide bonds. The number of aliphatic carboxylic acids is 1. The molecule has 0 saturated heterocycles. The molecule has 0 saturated carbocycles. The van der Waals surface area contributed by atoms with Gasteiger partial charge in [0.05, 0.1) is 12.5 Å². The van der Waals surface area contributed by atoms with E-state index in [9.17, 15) is 9.59 Å². The molecule has 1 unspecified atom stereocenters. The molecule has 0 aliphatic rings. The lowest BCUT2D eigenvalue weighted by molar-refractivity contribution is -0.136. The Balaban J connectivity index is 2.13. The first-order valence-electron chi connectivity index (χ1n) is 7.46. The minimum Gasteiger partial charge on any atom is -0.496 e. The number of carboxylic acid groups (broad SMARTS) is 1. The van der Waals surface area contributed by atoms with E-state index >= 15 is 0 Å². The third-order valence-electron chi connectivity index (χ3n) is 3.70. The summed E-state index contributed by atoms with van der Waals surface area (Å²) in [6, 6.07) is 5.78. The number of benzene rings is 1. The van der Waals surface area contributed by atoms with Crippen LogP contribution in [0.4, 0.5) is 0 Å². The number of aromatic nitrogens is 2. The van der Waals surface area contributed by atoms with Crippen LogP contribution in [0, 0.1) is 6.92 Å². The lowest BCUT2D eigenvalue weighted by Gasteiger charge is -2.09. The zero-order valence-corrected chi connectivity index (χ0v) is 15.5. The zero-order chi connectivity index (χ0) is 18.1. The maximum Gasteiger partial charge on any atom is 0.316 e. The van der Waals surface area contributed by atoms with Crippen LogP contribution in [0.2, 0.25) is 0 Å². The number of carboxylic acids is 1. The van der Waals surface area contributed by atoms with Crippen LogP contribution < -0.4 is 10.3 Å². The van der Waals surface area contributed by atoms with Crippen LogP contribution >= 0.6 is 23.1 Å². The fourth-order valence-electron chi connectivity index (χ4n) is 2.43. The standard InChI is InChI=1S/C17H16N2O4S2/c1-8-4-5-12(23-3)10(6-8)11-7-24-15-13(11)14(20)18-17(19-15)25-9(2)16(21)22/h4-7,9H,1-3H3,(H,21,22)(H,18,19,20). The molecule has 0 spiro atoms. The molecule has 0 fully saturated rings. The van der Waals surface area contributed by atoms with Gasteiger partial charge < -0.3 is 14.8 Å². The van der Waals surface area contributed by atoms with E-state index in [1.807, 2.05) is 30.5 Å². The predicted molar refractivity (Wildman–Crippen MR) is 99.9 cm³/mol. The number of aromatic amines is 1. The Bertz CT molecular complexity index is 1010. The van der Waals surface area contributed by atoms with E-state index in [0.29, 0.717) is 21.1 Å². The van der Waals surface area contributed by atoms with E-state index in [1.165, 1.54) is 11.3 Å². The molecule has 1 aromatic carbocycles. The van der Waals surface area contributed by atoms with Crippen molar-refractivity contribution in [3.8, 4) is 16.9 Å². The van der Waals surface area contributed by atoms with Gasteiger partial charge in [-0.25, -0.2) is 4.98 Å². The van der Waals surface area contributed by atoms with Crippen molar-refractivity contribution in [3.05, 3.63) is 39.5 Å². The van der Waals surface area contributed by atoms with Crippen LogP contribution in [0.25, 0.3) is 21.3 Å². The Kier molecular flexibility index (Phi) is 4.82. The molecule has 2 heterocycles. The number of methoxy groups -OCH3 is 1. The van der Waals surface area contributed by atoms with Crippen molar-refractivity contribution < 1.29 is 14.6 Å². The van der Waals surface area contributed by atoms with Crippen LogP contribution in [-0.2, 0) is 4.79 Å². The first-order chi connectivity index (χ1) is 11.9. The molecule has 3 rings (SSSR count). The number of H-pyrrole nitrogens is 1. The number of nitrogens with one attached hydrogen (secondary N) is 1. The Morgan fingerprint density at radius 3 is 2.84 bits per heavy atom. The normalized spacial score (nSPS) is 12.3. The van der Waals surface area contributed by atoms with Gasteiger partial charge in [0.1, 0.15) is 15.8 Å². The Hall–Kier alpha value is -2.32. The molecule has 0 aliphatic heterocycles. The minimum absolute atomic E-state index is 0.287. The quantitative estimate of drug-likeness (QED) is 0.523. The highest BCUT2D eigenvalue weighted by Crippen LogP contribution is 2.37. The van der Waals surface area contributed by atoms with Crippen molar-refractivity contribution >= 4 is 39.3 Å². The average molecular weight is 376 g/mol. The van der Waals surface area contributed by atoms with Gasteiger partial charge in [0.2, 0.25) is 0 Å². The molecule has 1 atom stereocenters. The van der Waals surface area contributed by atoms with Crippen molar-refractivity contribution in [2.24, 2.45) is 0 Å². The fraction of sp³-hybridized carbons (Fsp3) is 0.235. The number of hydrogen-bond acceptors (Lipinski definition) is 6. The second kappa shape index (κ2) is 6.89. The summed E-state index contributed by atoms with van der Waals surface area (Å²) < 4.78 is 5.42. The van der Waals surface area contributed by atoms with E-state index in [2.05, 4.69) is 9.97 Å². The van der Waals surface area contributed by atoms with E-state index in [-0.39, 0.29) is 5.56 Å². The summed E-state index contributed by atoms with van der Waals surface area (Å²) in [6.07, 6.45) is 0.